The van der Waals surface area contributed by atoms with E-state index in [1.807, 2.05) is 0 Å². The smallest absolute Gasteiger partial charge is 0.312 e. The number of aromatic nitrogens is 3. The second-order valence-electron chi connectivity index (χ2n) is 3.58. The molecule has 0 fully saturated rings. The van der Waals surface area contributed by atoms with Crippen molar-refractivity contribution in [1.29, 1.82) is 0 Å². The van der Waals surface area contributed by atoms with Gasteiger partial charge in [-0.2, -0.15) is 0 Å². The van der Waals surface area contributed by atoms with Gasteiger partial charge in [0.15, 0.2) is 0 Å². The maximum absolute atomic E-state index is 13.6. The van der Waals surface area contributed by atoms with Crippen LogP contribution in [0, 0.1) is 5.82 Å². The summed E-state index contributed by atoms with van der Waals surface area (Å²) in [6.45, 7) is 1.50. The normalized spacial score (nSPS) is 12.4. The molecule has 0 saturated heterocycles. The van der Waals surface area contributed by atoms with Gasteiger partial charge in [-0.3, -0.25) is 4.79 Å². The lowest BCUT2D eigenvalue weighted by atomic mass is 10.1. The number of halogens is 1. The van der Waals surface area contributed by atoms with E-state index >= 15 is 0 Å². The average molecular weight is 235 g/mol. The van der Waals surface area contributed by atoms with Crippen molar-refractivity contribution in [2.45, 2.75) is 12.8 Å². The van der Waals surface area contributed by atoms with Crippen LogP contribution in [0.5, 0.6) is 0 Å². The zero-order valence-corrected chi connectivity index (χ0v) is 9.04. The van der Waals surface area contributed by atoms with Crippen LogP contribution in [0.15, 0.2) is 30.5 Å². The Hall–Kier alpha value is -2.24. The van der Waals surface area contributed by atoms with Gasteiger partial charge in [0.2, 0.25) is 0 Å². The summed E-state index contributed by atoms with van der Waals surface area (Å²) in [4.78, 5) is 10.9. The van der Waals surface area contributed by atoms with Crippen LogP contribution in [-0.4, -0.2) is 26.1 Å². The van der Waals surface area contributed by atoms with E-state index in [2.05, 4.69) is 10.3 Å². The van der Waals surface area contributed by atoms with Crippen molar-refractivity contribution in [2.24, 2.45) is 0 Å². The molecular formula is C11H10FN3O2. The molecule has 0 saturated carbocycles. The fourth-order valence-electron chi connectivity index (χ4n) is 1.48. The van der Waals surface area contributed by atoms with Gasteiger partial charge < -0.3 is 5.11 Å². The first-order valence-electron chi connectivity index (χ1n) is 4.99. The Balaban J connectivity index is 2.51. The van der Waals surface area contributed by atoms with E-state index < -0.39 is 17.7 Å². The third-order valence-corrected chi connectivity index (χ3v) is 2.47. The quantitative estimate of drug-likeness (QED) is 0.877. The molecule has 0 spiro atoms. The Labute approximate surface area is 96.5 Å². The third-order valence-electron chi connectivity index (χ3n) is 2.47. The van der Waals surface area contributed by atoms with E-state index in [0.29, 0.717) is 5.69 Å². The lowest BCUT2D eigenvalue weighted by Gasteiger charge is -2.09. The molecular weight excluding hydrogens is 225 g/mol. The number of carboxylic acid groups (broad SMARTS) is 1. The Morgan fingerprint density at radius 1 is 1.47 bits per heavy atom. The highest BCUT2D eigenvalue weighted by Crippen LogP contribution is 2.19. The number of aliphatic carboxylic acids is 1. The minimum Gasteiger partial charge on any atom is -0.481 e. The number of hydrogen-bond donors (Lipinski definition) is 1. The molecule has 0 radical (unpaired) electrons. The molecule has 17 heavy (non-hydrogen) atoms. The van der Waals surface area contributed by atoms with Crippen LogP contribution in [0.3, 0.4) is 0 Å². The maximum atomic E-state index is 13.6. The summed E-state index contributed by atoms with van der Waals surface area (Å²) in [7, 11) is 0. The van der Waals surface area contributed by atoms with Crippen molar-refractivity contribution in [1.82, 2.24) is 15.0 Å². The monoisotopic (exact) mass is 235 g/mol. The highest BCUT2D eigenvalue weighted by molar-refractivity contribution is 5.75. The molecule has 1 N–H and O–H groups in total. The highest BCUT2D eigenvalue weighted by atomic mass is 19.1. The molecule has 0 aliphatic heterocycles. The summed E-state index contributed by atoms with van der Waals surface area (Å²) < 4.78 is 14.8. The van der Waals surface area contributed by atoms with Crippen molar-refractivity contribution in [2.75, 3.05) is 0 Å². The van der Waals surface area contributed by atoms with Gasteiger partial charge in [0.05, 0.1) is 17.8 Å². The number of nitrogens with zero attached hydrogens (tertiary/aromatic N) is 3. The van der Waals surface area contributed by atoms with Gasteiger partial charge in [-0.15, -0.1) is 5.10 Å². The van der Waals surface area contributed by atoms with Crippen LogP contribution in [-0.2, 0) is 4.79 Å². The van der Waals surface area contributed by atoms with Gasteiger partial charge in [0.25, 0.3) is 0 Å². The molecule has 1 aromatic carbocycles. The van der Waals surface area contributed by atoms with Crippen LogP contribution in [0.25, 0.3) is 5.69 Å². The summed E-state index contributed by atoms with van der Waals surface area (Å²) in [5.41, 5.74) is 0.524. The fraction of sp³-hybridized carbons (Fsp3) is 0.182. The fourth-order valence-corrected chi connectivity index (χ4v) is 1.48. The molecule has 88 valence electrons. The molecule has 1 atom stereocenters. The first kappa shape index (κ1) is 11.3. The van der Waals surface area contributed by atoms with Crippen LogP contribution in [0.2, 0.25) is 0 Å². The molecule has 2 rings (SSSR count). The van der Waals surface area contributed by atoms with E-state index in [0.717, 1.165) is 0 Å². The second kappa shape index (κ2) is 4.32. The van der Waals surface area contributed by atoms with Crippen molar-refractivity contribution >= 4 is 5.97 Å². The second-order valence-corrected chi connectivity index (χ2v) is 3.58. The summed E-state index contributed by atoms with van der Waals surface area (Å²) >= 11 is 0. The van der Waals surface area contributed by atoms with E-state index in [1.54, 1.807) is 12.1 Å². The SMILES string of the molecule is CC(C(=O)O)c1cnnn1-c1ccccc1F. The largest absolute Gasteiger partial charge is 0.481 e. The van der Waals surface area contributed by atoms with Crippen molar-refractivity contribution < 1.29 is 14.3 Å². The lowest BCUT2D eigenvalue weighted by molar-refractivity contribution is -0.138. The highest BCUT2D eigenvalue weighted by Gasteiger charge is 2.21. The van der Waals surface area contributed by atoms with Crippen LogP contribution < -0.4 is 0 Å². The average Bonchev–Trinajstić information content (AvgIpc) is 2.77. The van der Waals surface area contributed by atoms with Gasteiger partial charge in [-0.25, -0.2) is 9.07 Å². The summed E-state index contributed by atoms with van der Waals surface area (Å²) in [6, 6.07) is 6.00. The number of hydrogen-bond acceptors (Lipinski definition) is 3. The predicted molar refractivity (Wildman–Crippen MR) is 57.4 cm³/mol. The summed E-state index contributed by atoms with van der Waals surface area (Å²) in [5.74, 6) is -2.29. The molecule has 6 heteroatoms. The Morgan fingerprint density at radius 2 is 2.18 bits per heavy atom. The Bertz CT molecular complexity index is 553. The van der Waals surface area contributed by atoms with Crippen LogP contribution >= 0.6 is 0 Å². The van der Waals surface area contributed by atoms with E-state index in [9.17, 15) is 9.18 Å². The zero-order chi connectivity index (χ0) is 12.4. The van der Waals surface area contributed by atoms with E-state index in [1.165, 1.54) is 29.9 Å². The Morgan fingerprint density at radius 3 is 2.82 bits per heavy atom. The first-order chi connectivity index (χ1) is 8.11. The van der Waals surface area contributed by atoms with Crippen molar-refractivity contribution in [3.05, 3.63) is 42.0 Å². The number of rotatable bonds is 3. The molecule has 0 bridgehead atoms. The van der Waals surface area contributed by atoms with E-state index in [4.69, 9.17) is 5.11 Å². The molecule has 1 heterocycles. The Kier molecular flexibility index (Phi) is 2.86. The van der Waals surface area contributed by atoms with Gasteiger partial charge >= 0.3 is 5.97 Å². The van der Waals surface area contributed by atoms with Gasteiger partial charge in [0.1, 0.15) is 11.5 Å². The minimum atomic E-state index is -1.01. The van der Waals surface area contributed by atoms with Crippen molar-refractivity contribution in [3.63, 3.8) is 0 Å². The molecule has 5 nitrogen and oxygen atoms in total. The standard InChI is InChI=1S/C11H10FN3O2/c1-7(11(16)17)10-6-13-14-15(10)9-5-3-2-4-8(9)12/h2-7H,1H3,(H,16,17). The van der Waals surface area contributed by atoms with Crippen molar-refractivity contribution in [3.8, 4) is 5.69 Å². The van der Waals surface area contributed by atoms with Gasteiger partial charge in [-0.05, 0) is 19.1 Å². The molecule has 0 amide bonds. The third kappa shape index (κ3) is 2.01. The molecule has 1 unspecified atom stereocenters. The molecule has 0 aliphatic carbocycles. The summed E-state index contributed by atoms with van der Waals surface area (Å²) in [5, 5.41) is 16.3. The van der Waals surface area contributed by atoms with Gasteiger partial charge in [0, 0.05) is 0 Å². The summed E-state index contributed by atoms with van der Waals surface area (Å²) in [6.07, 6.45) is 1.32. The maximum Gasteiger partial charge on any atom is 0.312 e. The lowest BCUT2D eigenvalue weighted by Crippen LogP contribution is -2.13. The number of para-hydroxylation sites is 1. The minimum absolute atomic E-state index is 0.188. The van der Waals surface area contributed by atoms with Crippen LogP contribution in [0.1, 0.15) is 18.5 Å². The number of carbonyl (C=O) groups is 1. The molecule has 1 aromatic heterocycles. The number of carboxylic acids is 1. The number of benzene rings is 1. The topological polar surface area (TPSA) is 68.0 Å². The van der Waals surface area contributed by atoms with Crippen LogP contribution in [0.4, 0.5) is 4.39 Å². The zero-order valence-electron chi connectivity index (χ0n) is 9.04. The van der Waals surface area contributed by atoms with E-state index in [-0.39, 0.29) is 5.69 Å². The first-order valence-corrected chi connectivity index (χ1v) is 4.99. The predicted octanol–water partition coefficient (Wildman–Crippen LogP) is 1.59. The molecule has 2 aromatic rings. The van der Waals surface area contributed by atoms with Gasteiger partial charge in [-0.1, -0.05) is 17.3 Å². The molecule has 0 aliphatic rings.